The summed E-state index contributed by atoms with van der Waals surface area (Å²) in [5.74, 6) is -0.915. The summed E-state index contributed by atoms with van der Waals surface area (Å²) in [7, 11) is 1.49. The third-order valence-electron chi connectivity index (χ3n) is 2.49. The van der Waals surface area contributed by atoms with Crippen molar-refractivity contribution in [2.75, 3.05) is 0 Å². The van der Waals surface area contributed by atoms with E-state index in [1.54, 1.807) is 6.92 Å². The molecule has 2 aromatic heterocycles. The number of halogens is 2. The Kier molecular flexibility index (Phi) is 4.14. The lowest BCUT2D eigenvalue weighted by atomic mass is 10.3. The zero-order chi connectivity index (χ0) is 14.7. The molecule has 0 unspecified atom stereocenters. The minimum atomic E-state index is -0.514. The predicted octanol–water partition coefficient (Wildman–Crippen LogP) is 0.868. The van der Waals surface area contributed by atoms with Crippen molar-refractivity contribution in [3.8, 4) is 0 Å². The fourth-order valence-electron chi connectivity index (χ4n) is 1.57. The fraction of sp³-hybridized carbons (Fsp3) is 0.273. The van der Waals surface area contributed by atoms with Gasteiger partial charge in [-0.15, -0.1) is 0 Å². The standard InChI is InChI=1S/C11H12ClFN6O/c1-7-9(11(13)18(2)17-7)4-14-16-10(20)6-19-5-8(12)3-15-19/h3-5H,6H2,1-2H3,(H,16,20). The topological polar surface area (TPSA) is 77.1 Å². The Labute approximate surface area is 119 Å². The third-order valence-corrected chi connectivity index (χ3v) is 2.68. The predicted molar refractivity (Wildman–Crippen MR) is 70.9 cm³/mol. The van der Waals surface area contributed by atoms with Gasteiger partial charge >= 0.3 is 0 Å². The summed E-state index contributed by atoms with van der Waals surface area (Å²) in [5, 5.41) is 11.9. The Hall–Kier alpha value is -2.22. The number of hydrogen-bond donors (Lipinski definition) is 1. The number of aromatic nitrogens is 4. The van der Waals surface area contributed by atoms with Crippen molar-refractivity contribution >= 4 is 23.7 Å². The molecule has 106 valence electrons. The molecule has 1 amide bonds. The van der Waals surface area contributed by atoms with Crippen LogP contribution in [-0.2, 0) is 18.4 Å². The number of rotatable bonds is 4. The number of amides is 1. The zero-order valence-corrected chi connectivity index (χ0v) is 11.6. The lowest BCUT2D eigenvalue weighted by Gasteiger charge is -1.99. The summed E-state index contributed by atoms with van der Waals surface area (Å²) in [6.07, 6.45) is 4.15. The SMILES string of the molecule is Cc1nn(C)c(F)c1C=NNC(=O)Cn1cc(Cl)cn1. The number of nitrogens with zero attached hydrogens (tertiary/aromatic N) is 5. The molecule has 0 fully saturated rings. The van der Waals surface area contributed by atoms with Crippen molar-refractivity contribution in [2.45, 2.75) is 13.5 Å². The van der Waals surface area contributed by atoms with Crippen LogP contribution in [0.4, 0.5) is 4.39 Å². The van der Waals surface area contributed by atoms with Crippen LogP contribution in [0, 0.1) is 12.9 Å². The van der Waals surface area contributed by atoms with Crippen LogP contribution in [0.3, 0.4) is 0 Å². The van der Waals surface area contributed by atoms with E-state index in [0.717, 1.165) is 4.68 Å². The highest BCUT2D eigenvalue weighted by molar-refractivity contribution is 6.30. The van der Waals surface area contributed by atoms with E-state index in [1.165, 1.54) is 30.3 Å². The van der Waals surface area contributed by atoms with Gasteiger partial charge in [0.2, 0.25) is 5.95 Å². The zero-order valence-electron chi connectivity index (χ0n) is 10.8. The molecule has 0 atom stereocenters. The molecule has 7 nitrogen and oxygen atoms in total. The van der Waals surface area contributed by atoms with Gasteiger partial charge in [0.05, 0.1) is 28.7 Å². The molecular formula is C11H12ClFN6O. The average Bonchev–Trinajstić information content (AvgIpc) is 2.88. The molecule has 0 bridgehead atoms. The number of hydrogen-bond acceptors (Lipinski definition) is 4. The Morgan fingerprint density at radius 2 is 2.40 bits per heavy atom. The Bertz CT molecular complexity index is 662. The second kappa shape index (κ2) is 5.83. The van der Waals surface area contributed by atoms with Crippen molar-refractivity contribution in [2.24, 2.45) is 12.1 Å². The van der Waals surface area contributed by atoms with Crippen LogP contribution < -0.4 is 5.43 Å². The molecule has 0 aliphatic carbocycles. The highest BCUT2D eigenvalue weighted by Crippen LogP contribution is 2.07. The van der Waals surface area contributed by atoms with Crippen LogP contribution in [0.15, 0.2) is 17.5 Å². The maximum atomic E-state index is 13.6. The van der Waals surface area contributed by atoms with Crippen molar-refractivity contribution in [3.05, 3.63) is 34.6 Å². The van der Waals surface area contributed by atoms with Gasteiger partial charge in [-0.2, -0.15) is 19.7 Å². The summed E-state index contributed by atoms with van der Waals surface area (Å²) in [6.45, 7) is 1.62. The minimum Gasteiger partial charge on any atom is -0.271 e. The van der Waals surface area contributed by atoms with Crippen molar-refractivity contribution in [1.82, 2.24) is 25.0 Å². The van der Waals surface area contributed by atoms with E-state index in [-0.39, 0.29) is 12.1 Å². The number of aryl methyl sites for hydroxylation is 2. The Morgan fingerprint density at radius 3 is 2.95 bits per heavy atom. The van der Waals surface area contributed by atoms with Crippen LogP contribution in [0.2, 0.25) is 5.02 Å². The third kappa shape index (κ3) is 3.21. The van der Waals surface area contributed by atoms with E-state index in [9.17, 15) is 9.18 Å². The molecule has 20 heavy (non-hydrogen) atoms. The second-order valence-corrected chi connectivity index (χ2v) is 4.50. The highest BCUT2D eigenvalue weighted by atomic mass is 35.5. The van der Waals surface area contributed by atoms with Gasteiger partial charge in [-0.3, -0.25) is 9.48 Å². The summed E-state index contributed by atoms with van der Waals surface area (Å²) in [4.78, 5) is 11.5. The van der Waals surface area contributed by atoms with E-state index in [2.05, 4.69) is 20.7 Å². The van der Waals surface area contributed by atoms with Gasteiger partial charge in [-0.05, 0) is 6.92 Å². The van der Waals surface area contributed by atoms with Gasteiger partial charge in [-0.25, -0.2) is 10.1 Å². The quantitative estimate of drug-likeness (QED) is 0.672. The van der Waals surface area contributed by atoms with Crippen LogP contribution in [0.5, 0.6) is 0 Å². The van der Waals surface area contributed by atoms with Crippen LogP contribution in [0.25, 0.3) is 0 Å². The summed E-state index contributed by atoms with van der Waals surface area (Å²) < 4.78 is 16.0. The summed E-state index contributed by atoms with van der Waals surface area (Å²) in [6, 6.07) is 0. The molecule has 0 saturated heterocycles. The van der Waals surface area contributed by atoms with Gasteiger partial charge in [0.25, 0.3) is 5.91 Å². The molecule has 0 spiro atoms. The van der Waals surface area contributed by atoms with Crippen molar-refractivity contribution in [1.29, 1.82) is 0 Å². The monoisotopic (exact) mass is 298 g/mol. The van der Waals surface area contributed by atoms with E-state index >= 15 is 0 Å². The van der Waals surface area contributed by atoms with Gasteiger partial charge < -0.3 is 0 Å². The second-order valence-electron chi connectivity index (χ2n) is 4.06. The molecule has 0 aliphatic rings. The molecule has 0 aromatic carbocycles. The number of nitrogens with one attached hydrogen (secondary N) is 1. The molecule has 2 rings (SSSR count). The van der Waals surface area contributed by atoms with Gasteiger partial charge in [-0.1, -0.05) is 11.6 Å². The van der Waals surface area contributed by atoms with E-state index in [0.29, 0.717) is 10.7 Å². The first-order chi connectivity index (χ1) is 9.47. The molecule has 9 heteroatoms. The van der Waals surface area contributed by atoms with E-state index < -0.39 is 11.9 Å². The first kappa shape index (κ1) is 14.2. The Balaban J connectivity index is 1.94. The van der Waals surface area contributed by atoms with Crippen LogP contribution >= 0.6 is 11.6 Å². The lowest BCUT2D eigenvalue weighted by molar-refractivity contribution is -0.121. The number of carbonyl (C=O) groups excluding carboxylic acids is 1. The number of hydrazone groups is 1. The minimum absolute atomic E-state index is 0.0292. The first-order valence-corrected chi connectivity index (χ1v) is 6.04. The summed E-state index contributed by atoms with van der Waals surface area (Å²) in [5.41, 5.74) is 2.99. The molecule has 1 N–H and O–H groups in total. The molecule has 2 aromatic rings. The van der Waals surface area contributed by atoms with Gasteiger partial charge in [0.15, 0.2) is 0 Å². The lowest BCUT2D eigenvalue weighted by Crippen LogP contribution is -2.23. The van der Waals surface area contributed by atoms with Crippen LogP contribution in [0.1, 0.15) is 11.3 Å². The molecule has 0 aliphatic heterocycles. The van der Waals surface area contributed by atoms with Crippen molar-refractivity contribution < 1.29 is 9.18 Å². The maximum Gasteiger partial charge on any atom is 0.261 e. The number of carbonyl (C=O) groups is 1. The molecule has 0 saturated carbocycles. The average molecular weight is 299 g/mol. The van der Waals surface area contributed by atoms with Gasteiger partial charge in [0, 0.05) is 13.2 Å². The van der Waals surface area contributed by atoms with E-state index in [1.807, 2.05) is 0 Å². The first-order valence-electron chi connectivity index (χ1n) is 5.66. The normalized spacial score (nSPS) is 11.2. The molecule has 0 radical (unpaired) electrons. The largest absolute Gasteiger partial charge is 0.271 e. The summed E-state index contributed by atoms with van der Waals surface area (Å²) >= 11 is 5.67. The molecule has 2 heterocycles. The highest BCUT2D eigenvalue weighted by Gasteiger charge is 2.10. The molecular weight excluding hydrogens is 287 g/mol. The van der Waals surface area contributed by atoms with Crippen LogP contribution in [-0.4, -0.2) is 31.7 Å². The smallest absolute Gasteiger partial charge is 0.261 e. The fourth-order valence-corrected chi connectivity index (χ4v) is 1.73. The van der Waals surface area contributed by atoms with E-state index in [4.69, 9.17) is 11.6 Å². The Morgan fingerprint density at radius 1 is 1.65 bits per heavy atom. The van der Waals surface area contributed by atoms with Gasteiger partial charge in [0.1, 0.15) is 6.54 Å². The maximum absolute atomic E-state index is 13.6. The van der Waals surface area contributed by atoms with Crippen molar-refractivity contribution in [3.63, 3.8) is 0 Å².